The van der Waals surface area contributed by atoms with Gasteiger partial charge in [-0.15, -0.1) is 0 Å². The highest BCUT2D eigenvalue weighted by Crippen LogP contribution is 2.15. The molecule has 0 saturated carbocycles. The van der Waals surface area contributed by atoms with Gasteiger partial charge in [0.2, 0.25) is 10.0 Å². The Hall–Kier alpha value is -2.19. The lowest BCUT2D eigenvalue weighted by Gasteiger charge is -2.04. The van der Waals surface area contributed by atoms with Crippen molar-refractivity contribution in [2.24, 2.45) is 0 Å². The third-order valence-corrected chi connectivity index (χ3v) is 4.30. The van der Waals surface area contributed by atoms with Gasteiger partial charge in [0.05, 0.1) is 0 Å². The number of nitrogens with one attached hydrogen (secondary N) is 1. The van der Waals surface area contributed by atoms with Gasteiger partial charge in [0.25, 0.3) is 0 Å². The number of hydrogen-bond acceptors (Lipinski definition) is 4. The van der Waals surface area contributed by atoms with Crippen molar-refractivity contribution in [3.8, 4) is 0 Å². The fourth-order valence-electron chi connectivity index (χ4n) is 1.84. The topological polar surface area (TPSA) is 101 Å². The molecule has 0 atom stereocenters. The molecule has 0 aliphatic heterocycles. The standard InChI is InChI=1S/C13H15N3O4S/c1-2-16-9-11(6-12(16)13(17)18)21(19,20)15-8-10-4-3-5-14-7-10/h3-7,9,15H,2,8H2,1H3,(H,17,18). The lowest BCUT2D eigenvalue weighted by molar-refractivity contribution is 0.0685. The van der Waals surface area contributed by atoms with Gasteiger partial charge in [-0.3, -0.25) is 4.98 Å². The number of aromatic nitrogens is 2. The summed E-state index contributed by atoms with van der Waals surface area (Å²) in [6.45, 7) is 2.21. The van der Waals surface area contributed by atoms with Crippen LogP contribution in [0.25, 0.3) is 0 Å². The van der Waals surface area contributed by atoms with E-state index in [0.29, 0.717) is 6.54 Å². The fourth-order valence-corrected chi connectivity index (χ4v) is 2.89. The molecule has 0 aromatic carbocycles. The smallest absolute Gasteiger partial charge is 0.352 e. The zero-order valence-corrected chi connectivity index (χ0v) is 12.2. The van der Waals surface area contributed by atoms with Gasteiger partial charge < -0.3 is 9.67 Å². The van der Waals surface area contributed by atoms with E-state index in [1.165, 1.54) is 10.8 Å². The molecule has 0 amide bonds. The van der Waals surface area contributed by atoms with Gasteiger partial charge in [-0.1, -0.05) is 6.07 Å². The summed E-state index contributed by atoms with van der Waals surface area (Å²) in [5.74, 6) is -1.16. The molecule has 2 aromatic heterocycles. The molecular formula is C13H15N3O4S. The van der Waals surface area contributed by atoms with Gasteiger partial charge in [0.1, 0.15) is 10.6 Å². The number of carbonyl (C=O) groups is 1. The van der Waals surface area contributed by atoms with Crippen molar-refractivity contribution in [3.63, 3.8) is 0 Å². The normalized spacial score (nSPS) is 11.5. The maximum absolute atomic E-state index is 12.2. The first-order chi connectivity index (χ1) is 9.94. The van der Waals surface area contributed by atoms with Crippen LogP contribution in [0.1, 0.15) is 23.0 Å². The Labute approximate surface area is 122 Å². The van der Waals surface area contributed by atoms with Crippen LogP contribution in [-0.4, -0.2) is 29.0 Å². The second-order valence-corrected chi connectivity index (χ2v) is 6.10. The number of hydrogen-bond donors (Lipinski definition) is 2. The Balaban J connectivity index is 2.22. The summed E-state index contributed by atoms with van der Waals surface area (Å²) in [7, 11) is -3.77. The molecule has 0 radical (unpaired) electrons. The number of sulfonamides is 1. The number of rotatable bonds is 6. The van der Waals surface area contributed by atoms with Crippen LogP contribution in [0, 0.1) is 0 Å². The van der Waals surface area contributed by atoms with Crippen molar-refractivity contribution in [2.75, 3.05) is 0 Å². The number of aryl methyl sites for hydroxylation is 1. The van der Waals surface area contributed by atoms with E-state index in [0.717, 1.165) is 11.6 Å². The maximum Gasteiger partial charge on any atom is 0.352 e. The molecule has 2 N–H and O–H groups in total. The summed E-state index contributed by atoms with van der Waals surface area (Å²) in [4.78, 5) is 14.9. The van der Waals surface area contributed by atoms with Crippen molar-refractivity contribution in [2.45, 2.75) is 24.9 Å². The highest BCUT2D eigenvalue weighted by Gasteiger charge is 2.20. The average molecular weight is 309 g/mol. The number of pyridine rings is 1. The second-order valence-electron chi connectivity index (χ2n) is 4.34. The molecule has 0 spiro atoms. The minimum Gasteiger partial charge on any atom is -0.477 e. The van der Waals surface area contributed by atoms with E-state index >= 15 is 0 Å². The molecule has 8 heteroatoms. The summed E-state index contributed by atoms with van der Waals surface area (Å²) in [5, 5.41) is 9.04. The molecule has 0 bridgehead atoms. The van der Waals surface area contributed by atoms with E-state index < -0.39 is 16.0 Å². The fraction of sp³-hybridized carbons (Fsp3) is 0.231. The van der Waals surface area contributed by atoms with E-state index in [1.807, 2.05) is 0 Å². The minimum absolute atomic E-state index is 0.0562. The number of aromatic carboxylic acids is 1. The minimum atomic E-state index is -3.77. The molecule has 0 unspecified atom stereocenters. The van der Waals surface area contributed by atoms with Crippen LogP contribution < -0.4 is 4.72 Å². The lowest BCUT2D eigenvalue weighted by Crippen LogP contribution is -2.22. The van der Waals surface area contributed by atoms with Crippen molar-refractivity contribution in [1.82, 2.24) is 14.3 Å². The highest BCUT2D eigenvalue weighted by molar-refractivity contribution is 7.89. The van der Waals surface area contributed by atoms with Gasteiger partial charge in [-0.25, -0.2) is 17.9 Å². The summed E-state index contributed by atoms with van der Waals surface area (Å²) >= 11 is 0. The van der Waals surface area contributed by atoms with E-state index in [2.05, 4.69) is 9.71 Å². The van der Waals surface area contributed by atoms with Gasteiger partial charge in [-0.05, 0) is 24.6 Å². The Morgan fingerprint density at radius 1 is 1.48 bits per heavy atom. The van der Waals surface area contributed by atoms with Crippen LogP contribution in [0.2, 0.25) is 0 Å². The zero-order chi connectivity index (χ0) is 15.5. The second kappa shape index (κ2) is 6.06. The summed E-state index contributed by atoms with van der Waals surface area (Å²) in [6.07, 6.45) is 4.47. The van der Waals surface area contributed by atoms with Crippen LogP contribution in [0.5, 0.6) is 0 Å². The third kappa shape index (κ3) is 3.47. The Bertz CT molecular complexity index is 738. The number of carboxylic acid groups (broad SMARTS) is 1. The maximum atomic E-state index is 12.2. The van der Waals surface area contributed by atoms with Gasteiger partial charge in [0, 0.05) is 31.7 Å². The Morgan fingerprint density at radius 3 is 2.76 bits per heavy atom. The van der Waals surface area contributed by atoms with E-state index in [4.69, 9.17) is 5.11 Å². The monoisotopic (exact) mass is 309 g/mol. The van der Waals surface area contributed by atoms with E-state index in [-0.39, 0.29) is 17.1 Å². The van der Waals surface area contributed by atoms with Gasteiger partial charge in [-0.2, -0.15) is 0 Å². The first-order valence-corrected chi connectivity index (χ1v) is 7.74. The van der Waals surface area contributed by atoms with Crippen LogP contribution >= 0.6 is 0 Å². The van der Waals surface area contributed by atoms with Gasteiger partial charge >= 0.3 is 5.97 Å². The van der Waals surface area contributed by atoms with E-state index in [9.17, 15) is 13.2 Å². The molecule has 21 heavy (non-hydrogen) atoms. The van der Waals surface area contributed by atoms with Crippen LogP contribution in [-0.2, 0) is 23.1 Å². The molecule has 0 saturated heterocycles. The Kier molecular flexibility index (Phi) is 4.39. The molecule has 2 rings (SSSR count). The number of carboxylic acids is 1. The summed E-state index contributed by atoms with van der Waals surface area (Å²) in [6, 6.07) is 4.60. The van der Waals surface area contributed by atoms with Crippen molar-refractivity contribution in [3.05, 3.63) is 48.0 Å². The Morgan fingerprint density at radius 2 is 2.24 bits per heavy atom. The molecule has 2 aromatic rings. The SMILES string of the molecule is CCn1cc(S(=O)(=O)NCc2cccnc2)cc1C(=O)O. The third-order valence-electron chi connectivity index (χ3n) is 2.93. The van der Waals surface area contributed by atoms with Crippen LogP contribution in [0.4, 0.5) is 0 Å². The molecular weight excluding hydrogens is 294 g/mol. The predicted molar refractivity (Wildman–Crippen MR) is 75.3 cm³/mol. The van der Waals surface area contributed by atoms with E-state index in [1.54, 1.807) is 31.5 Å². The molecule has 7 nitrogen and oxygen atoms in total. The van der Waals surface area contributed by atoms with Gasteiger partial charge in [0.15, 0.2) is 0 Å². The van der Waals surface area contributed by atoms with Crippen molar-refractivity contribution in [1.29, 1.82) is 0 Å². The molecule has 112 valence electrons. The summed E-state index contributed by atoms with van der Waals surface area (Å²) in [5.41, 5.74) is 0.661. The zero-order valence-electron chi connectivity index (χ0n) is 11.4. The highest BCUT2D eigenvalue weighted by atomic mass is 32.2. The molecule has 2 heterocycles. The number of nitrogens with zero attached hydrogens (tertiary/aromatic N) is 2. The van der Waals surface area contributed by atoms with Crippen molar-refractivity contribution < 1.29 is 18.3 Å². The average Bonchev–Trinajstić information content (AvgIpc) is 2.92. The quantitative estimate of drug-likeness (QED) is 0.831. The lowest BCUT2D eigenvalue weighted by atomic mass is 10.3. The predicted octanol–water partition coefficient (Wildman–Crippen LogP) is 1.08. The first kappa shape index (κ1) is 15.2. The molecule has 0 fully saturated rings. The largest absolute Gasteiger partial charge is 0.477 e. The van der Waals surface area contributed by atoms with Crippen LogP contribution in [0.3, 0.4) is 0 Å². The van der Waals surface area contributed by atoms with Crippen molar-refractivity contribution >= 4 is 16.0 Å². The molecule has 0 aliphatic carbocycles. The molecule has 0 aliphatic rings. The first-order valence-electron chi connectivity index (χ1n) is 6.26. The van der Waals surface area contributed by atoms with Crippen LogP contribution in [0.15, 0.2) is 41.7 Å². The summed E-state index contributed by atoms with van der Waals surface area (Å²) < 4.78 is 28.1.